The second-order valence-electron chi connectivity index (χ2n) is 5.06. The third-order valence-electron chi connectivity index (χ3n) is 3.78. The fraction of sp³-hybridized carbons (Fsp3) is 0.833. The molecule has 1 unspecified atom stereocenters. The van der Waals surface area contributed by atoms with E-state index in [-0.39, 0.29) is 24.4 Å². The van der Waals surface area contributed by atoms with Gasteiger partial charge in [-0.1, -0.05) is 6.42 Å². The van der Waals surface area contributed by atoms with E-state index < -0.39 is 5.91 Å². The van der Waals surface area contributed by atoms with Crippen LogP contribution in [0.5, 0.6) is 0 Å². The lowest BCUT2D eigenvalue weighted by atomic mass is 9.84. The highest BCUT2D eigenvalue weighted by molar-refractivity contribution is 5.85. The number of piperidine rings is 1. The van der Waals surface area contributed by atoms with Crippen LogP contribution in [0.4, 0.5) is 0 Å². The Labute approximate surface area is 102 Å². The van der Waals surface area contributed by atoms with Gasteiger partial charge >= 0.3 is 0 Å². The lowest BCUT2D eigenvalue weighted by Crippen LogP contribution is -2.53. The Balaban J connectivity index is 2.00. The summed E-state index contributed by atoms with van der Waals surface area (Å²) in [6.07, 6.45) is 5.09. The minimum atomic E-state index is -0.414. The number of hydrogen-bond donors (Lipinski definition) is 2. The summed E-state index contributed by atoms with van der Waals surface area (Å²) in [5.74, 6) is -0.150. The Morgan fingerprint density at radius 1 is 1.24 bits per heavy atom. The van der Waals surface area contributed by atoms with E-state index in [9.17, 15) is 9.59 Å². The van der Waals surface area contributed by atoms with Gasteiger partial charge in [-0.2, -0.15) is 0 Å². The van der Waals surface area contributed by atoms with Gasteiger partial charge in [0.2, 0.25) is 11.8 Å². The van der Waals surface area contributed by atoms with E-state index in [0.717, 1.165) is 45.2 Å². The summed E-state index contributed by atoms with van der Waals surface area (Å²) in [6, 6.07) is 0.143. The predicted octanol–water partition coefficient (Wildman–Crippen LogP) is -0.148. The molecule has 0 spiro atoms. The SMILES string of the molecule is NC(=O)CN(C(=O)C1CCC1)C1CCCNC1. The van der Waals surface area contributed by atoms with Crippen LogP contribution in [0, 0.1) is 5.92 Å². The number of nitrogens with zero attached hydrogens (tertiary/aromatic N) is 1. The largest absolute Gasteiger partial charge is 0.368 e. The number of hydrogen-bond acceptors (Lipinski definition) is 3. The molecule has 1 atom stereocenters. The quantitative estimate of drug-likeness (QED) is 0.716. The summed E-state index contributed by atoms with van der Waals surface area (Å²) in [5.41, 5.74) is 5.24. The summed E-state index contributed by atoms with van der Waals surface area (Å²) in [6.45, 7) is 1.85. The first kappa shape index (κ1) is 12.4. The topological polar surface area (TPSA) is 75.4 Å². The van der Waals surface area contributed by atoms with Gasteiger partial charge in [0, 0.05) is 18.5 Å². The molecule has 1 aliphatic carbocycles. The van der Waals surface area contributed by atoms with Gasteiger partial charge in [-0.3, -0.25) is 9.59 Å². The van der Waals surface area contributed by atoms with Crippen molar-refractivity contribution in [1.29, 1.82) is 0 Å². The molecule has 2 fully saturated rings. The average molecular weight is 239 g/mol. The van der Waals surface area contributed by atoms with Crippen molar-refractivity contribution in [3.63, 3.8) is 0 Å². The summed E-state index contributed by atoms with van der Waals surface area (Å²) in [5, 5.41) is 3.27. The van der Waals surface area contributed by atoms with Crippen molar-refractivity contribution in [3.05, 3.63) is 0 Å². The van der Waals surface area contributed by atoms with Crippen molar-refractivity contribution in [2.45, 2.75) is 38.1 Å². The number of primary amides is 1. The van der Waals surface area contributed by atoms with Crippen LogP contribution in [-0.4, -0.2) is 42.4 Å². The maximum atomic E-state index is 12.3. The van der Waals surface area contributed by atoms with E-state index in [1.54, 1.807) is 4.90 Å². The molecule has 2 rings (SSSR count). The van der Waals surface area contributed by atoms with Crippen molar-refractivity contribution in [2.24, 2.45) is 11.7 Å². The molecular formula is C12H21N3O2. The molecule has 0 aromatic heterocycles. The molecule has 0 aromatic carbocycles. The highest BCUT2D eigenvalue weighted by Gasteiger charge is 2.34. The van der Waals surface area contributed by atoms with Crippen molar-refractivity contribution >= 4 is 11.8 Å². The smallest absolute Gasteiger partial charge is 0.237 e. The molecule has 0 aromatic rings. The molecule has 2 aliphatic rings. The van der Waals surface area contributed by atoms with E-state index in [2.05, 4.69) is 5.32 Å². The van der Waals surface area contributed by atoms with Crippen molar-refractivity contribution in [1.82, 2.24) is 10.2 Å². The molecule has 1 aliphatic heterocycles. The average Bonchev–Trinajstić information content (AvgIpc) is 2.24. The van der Waals surface area contributed by atoms with Gasteiger partial charge in [0.15, 0.2) is 0 Å². The monoisotopic (exact) mass is 239 g/mol. The lowest BCUT2D eigenvalue weighted by Gasteiger charge is -2.38. The van der Waals surface area contributed by atoms with Crippen LogP contribution < -0.4 is 11.1 Å². The number of rotatable bonds is 4. The molecule has 1 saturated heterocycles. The Morgan fingerprint density at radius 2 is 2.00 bits per heavy atom. The fourth-order valence-electron chi connectivity index (χ4n) is 2.54. The molecule has 0 radical (unpaired) electrons. The number of amides is 2. The second-order valence-corrected chi connectivity index (χ2v) is 5.06. The second kappa shape index (κ2) is 5.49. The van der Waals surface area contributed by atoms with Crippen molar-refractivity contribution in [2.75, 3.05) is 19.6 Å². The Kier molecular flexibility index (Phi) is 3.99. The van der Waals surface area contributed by atoms with Crippen molar-refractivity contribution < 1.29 is 9.59 Å². The first-order valence-corrected chi connectivity index (χ1v) is 6.48. The molecule has 5 heteroatoms. The minimum absolute atomic E-state index is 0.0711. The molecular weight excluding hydrogens is 218 g/mol. The molecule has 17 heavy (non-hydrogen) atoms. The standard InChI is InChI=1S/C12H21N3O2/c13-11(16)8-15(10-5-2-6-14-7-10)12(17)9-3-1-4-9/h9-10,14H,1-8H2,(H2,13,16). The normalized spacial score (nSPS) is 25.1. The maximum absolute atomic E-state index is 12.3. The predicted molar refractivity (Wildman–Crippen MR) is 64.1 cm³/mol. The van der Waals surface area contributed by atoms with E-state index in [1.165, 1.54) is 0 Å². The van der Waals surface area contributed by atoms with Crippen LogP contribution in [0.25, 0.3) is 0 Å². The fourth-order valence-corrected chi connectivity index (χ4v) is 2.54. The van der Waals surface area contributed by atoms with Gasteiger partial charge in [0.1, 0.15) is 0 Å². The number of nitrogens with two attached hydrogens (primary N) is 1. The molecule has 3 N–H and O–H groups in total. The van der Waals surface area contributed by atoms with Crippen LogP contribution in [0.1, 0.15) is 32.1 Å². The zero-order valence-corrected chi connectivity index (χ0v) is 10.2. The Hall–Kier alpha value is -1.10. The number of carbonyl (C=O) groups excluding carboxylic acids is 2. The first-order chi connectivity index (χ1) is 8.18. The highest BCUT2D eigenvalue weighted by Crippen LogP contribution is 2.29. The van der Waals surface area contributed by atoms with Crippen LogP contribution in [0.2, 0.25) is 0 Å². The number of nitrogens with one attached hydrogen (secondary N) is 1. The third kappa shape index (κ3) is 2.97. The molecule has 0 bridgehead atoms. The molecule has 2 amide bonds. The summed E-state index contributed by atoms with van der Waals surface area (Å²) in [7, 11) is 0. The van der Waals surface area contributed by atoms with Gasteiger partial charge in [-0.05, 0) is 32.2 Å². The summed E-state index contributed by atoms with van der Waals surface area (Å²) in [4.78, 5) is 25.1. The summed E-state index contributed by atoms with van der Waals surface area (Å²) >= 11 is 0. The zero-order valence-electron chi connectivity index (χ0n) is 10.2. The van der Waals surface area contributed by atoms with Gasteiger partial charge in [-0.15, -0.1) is 0 Å². The van der Waals surface area contributed by atoms with E-state index in [4.69, 9.17) is 5.73 Å². The molecule has 96 valence electrons. The van der Waals surface area contributed by atoms with Gasteiger partial charge in [-0.25, -0.2) is 0 Å². The Bertz CT molecular complexity index is 296. The van der Waals surface area contributed by atoms with E-state index >= 15 is 0 Å². The van der Waals surface area contributed by atoms with Gasteiger partial charge in [0.05, 0.1) is 6.54 Å². The van der Waals surface area contributed by atoms with E-state index in [1.807, 2.05) is 0 Å². The van der Waals surface area contributed by atoms with Crippen LogP contribution in [-0.2, 0) is 9.59 Å². The van der Waals surface area contributed by atoms with E-state index in [0.29, 0.717) is 0 Å². The highest BCUT2D eigenvalue weighted by atomic mass is 16.2. The van der Waals surface area contributed by atoms with Crippen LogP contribution in [0.3, 0.4) is 0 Å². The molecule has 5 nitrogen and oxygen atoms in total. The Morgan fingerprint density at radius 3 is 2.47 bits per heavy atom. The van der Waals surface area contributed by atoms with Crippen LogP contribution >= 0.6 is 0 Å². The van der Waals surface area contributed by atoms with Crippen molar-refractivity contribution in [3.8, 4) is 0 Å². The maximum Gasteiger partial charge on any atom is 0.237 e. The molecule has 1 heterocycles. The zero-order chi connectivity index (χ0) is 12.3. The van der Waals surface area contributed by atoms with Crippen LogP contribution in [0.15, 0.2) is 0 Å². The minimum Gasteiger partial charge on any atom is -0.368 e. The first-order valence-electron chi connectivity index (χ1n) is 6.48. The number of carbonyl (C=O) groups is 2. The summed E-state index contributed by atoms with van der Waals surface area (Å²) < 4.78 is 0. The van der Waals surface area contributed by atoms with Gasteiger partial charge < -0.3 is 16.0 Å². The molecule has 1 saturated carbocycles. The lowest BCUT2D eigenvalue weighted by molar-refractivity contribution is -0.143. The van der Waals surface area contributed by atoms with Gasteiger partial charge in [0.25, 0.3) is 0 Å². The third-order valence-corrected chi connectivity index (χ3v) is 3.78.